The van der Waals surface area contributed by atoms with E-state index >= 15 is 0 Å². The molecule has 426 valence electrons. The first-order valence-electron chi connectivity index (χ1n) is 32.4. The zero-order valence-electron chi connectivity index (χ0n) is 48.4. The third-order valence-electron chi connectivity index (χ3n) is 15.3. The largest absolute Gasteiger partial charge is 0.394 e. The summed E-state index contributed by atoms with van der Waals surface area (Å²) in [6, 6.07) is -1.01. The lowest BCUT2D eigenvalue weighted by molar-refractivity contribution is -0.132. The Bertz CT molecular complexity index is 1140. The molecule has 6 heteroatoms. The fraction of sp³-hybridized carbons (Fsp3) is 0.894. The predicted octanol–water partition coefficient (Wildman–Crippen LogP) is 19.5. The van der Waals surface area contributed by atoms with Crippen LogP contribution in [-0.2, 0) is 4.79 Å². The van der Waals surface area contributed by atoms with Gasteiger partial charge in [0.25, 0.3) is 0 Å². The average Bonchev–Trinajstić information content (AvgIpc) is 3.39. The normalized spacial score (nSPS) is 13.8. The van der Waals surface area contributed by atoms with Gasteiger partial charge >= 0.3 is 0 Å². The number of hydrogen-bond donors (Lipinski definition) is 5. The van der Waals surface area contributed by atoms with Crippen LogP contribution in [0.15, 0.2) is 36.5 Å². The van der Waals surface area contributed by atoms with Gasteiger partial charge in [-0.05, 0) is 77.0 Å². The molecule has 4 atom stereocenters. The lowest BCUT2D eigenvalue weighted by atomic mass is 10.00. The van der Waals surface area contributed by atoms with Crippen LogP contribution in [0.3, 0.4) is 0 Å². The number of unbranched alkanes of at least 4 members (excludes halogenated alkanes) is 45. The van der Waals surface area contributed by atoms with Crippen molar-refractivity contribution in [2.45, 2.75) is 372 Å². The van der Waals surface area contributed by atoms with Gasteiger partial charge in [-0.1, -0.05) is 307 Å². The van der Waals surface area contributed by atoms with Gasteiger partial charge in [0.15, 0.2) is 0 Å². The molecular formula is C66H127NO5. The van der Waals surface area contributed by atoms with Crippen molar-refractivity contribution in [2.75, 3.05) is 6.61 Å². The summed E-state index contributed by atoms with van der Waals surface area (Å²) >= 11 is 0. The molecule has 6 nitrogen and oxygen atoms in total. The Hall–Kier alpha value is -1.47. The van der Waals surface area contributed by atoms with Crippen molar-refractivity contribution in [1.82, 2.24) is 5.32 Å². The Morgan fingerprint density at radius 1 is 0.333 bits per heavy atom. The van der Waals surface area contributed by atoms with Gasteiger partial charge in [0, 0.05) is 0 Å². The molecule has 5 N–H and O–H groups in total. The molecule has 72 heavy (non-hydrogen) atoms. The number of aliphatic hydroxyl groups is 4. The van der Waals surface area contributed by atoms with E-state index in [9.17, 15) is 25.2 Å². The van der Waals surface area contributed by atoms with Crippen molar-refractivity contribution in [3.05, 3.63) is 36.5 Å². The number of allylic oxidation sites excluding steroid dienone is 6. The van der Waals surface area contributed by atoms with Gasteiger partial charge in [-0.25, -0.2) is 0 Å². The summed E-state index contributed by atoms with van der Waals surface area (Å²) in [5.74, 6) is -0.592. The van der Waals surface area contributed by atoms with Crippen LogP contribution in [0, 0.1) is 0 Å². The molecule has 0 aromatic carbocycles. The third-order valence-corrected chi connectivity index (χ3v) is 15.3. The van der Waals surface area contributed by atoms with E-state index in [1.165, 1.54) is 276 Å². The number of amides is 1. The second-order valence-electron chi connectivity index (χ2n) is 22.4. The number of carbonyl (C=O) groups excluding carboxylic acids is 1. The van der Waals surface area contributed by atoms with Crippen LogP contribution in [0.2, 0.25) is 0 Å². The summed E-state index contributed by atoms with van der Waals surface area (Å²) < 4.78 is 0. The van der Waals surface area contributed by atoms with Gasteiger partial charge < -0.3 is 25.7 Å². The van der Waals surface area contributed by atoms with Gasteiger partial charge in [-0.2, -0.15) is 0 Å². The van der Waals surface area contributed by atoms with Crippen LogP contribution in [0.25, 0.3) is 0 Å². The average molecular weight is 1010 g/mol. The fourth-order valence-corrected chi connectivity index (χ4v) is 10.2. The van der Waals surface area contributed by atoms with Crippen molar-refractivity contribution < 1.29 is 25.2 Å². The summed E-state index contributed by atoms with van der Waals surface area (Å²) in [6.45, 7) is 4.08. The van der Waals surface area contributed by atoms with Crippen LogP contribution >= 0.6 is 0 Å². The van der Waals surface area contributed by atoms with Crippen LogP contribution in [0.4, 0.5) is 0 Å². The topological polar surface area (TPSA) is 110 Å². The quantitative estimate of drug-likeness (QED) is 0.0308. The Kier molecular flexibility index (Phi) is 59.2. The van der Waals surface area contributed by atoms with E-state index in [-0.39, 0.29) is 0 Å². The summed E-state index contributed by atoms with van der Waals surface area (Å²) in [7, 11) is 0. The SMILES string of the molecule is CCCCCCCCCCCCCC/C=C\CCCCCCCCCCCCCCCCCCC(O)C(=O)NC(CO)C(O)C(O)CCC/C=C/CC/C=C/CCCCCCCCCCCCCCCCC. The highest BCUT2D eigenvalue weighted by Gasteiger charge is 2.28. The van der Waals surface area contributed by atoms with E-state index in [0.29, 0.717) is 19.3 Å². The number of aliphatic hydroxyl groups excluding tert-OH is 4. The molecule has 0 fully saturated rings. The van der Waals surface area contributed by atoms with Crippen LogP contribution in [-0.4, -0.2) is 57.3 Å². The maximum atomic E-state index is 12.6. The minimum atomic E-state index is -1.29. The second-order valence-corrected chi connectivity index (χ2v) is 22.4. The first-order chi connectivity index (χ1) is 35.5. The van der Waals surface area contributed by atoms with E-state index in [4.69, 9.17) is 0 Å². The summed E-state index contributed by atoms with van der Waals surface area (Å²) in [5, 5.41) is 44.1. The fourth-order valence-electron chi connectivity index (χ4n) is 10.2. The van der Waals surface area contributed by atoms with Crippen molar-refractivity contribution in [2.24, 2.45) is 0 Å². The third kappa shape index (κ3) is 53.4. The highest BCUT2D eigenvalue weighted by Crippen LogP contribution is 2.18. The number of carbonyl (C=O) groups is 1. The van der Waals surface area contributed by atoms with Crippen molar-refractivity contribution in [3.8, 4) is 0 Å². The standard InChI is InChI=1S/C66H127NO5/c1-3-5-7-9-11-13-15-17-19-21-23-25-27-29-30-31-32-33-34-35-36-38-40-42-44-46-48-50-52-54-56-58-60-64(70)66(72)67-62(61-68)65(71)63(69)59-57-55-53-51-49-47-45-43-41-39-37-28-26-24-22-20-18-16-14-12-10-8-6-4-2/h29-30,43,45,51,53,62-65,68-71H,3-28,31-42,44,46-50,52,54-61H2,1-2H3,(H,67,72)/b30-29-,45-43+,53-51+. The van der Waals surface area contributed by atoms with Crippen LogP contribution in [0.5, 0.6) is 0 Å². The van der Waals surface area contributed by atoms with E-state index in [1.807, 2.05) is 0 Å². The molecule has 0 saturated heterocycles. The monoisotopic (exact) mass is 1010 g/mol. The lowest BCUT2D eigenvalue weighted by Crippen LogP contribution is -2.53. The Labute approximate surface area is 449 Å². The minimum Gasteiger partial charge on any atom is -0.394 e. The lowest BCUT2D eigenvalue weighted by Gasteiger charge is -2.27. The molecule has 0 aromatic rings. The first kappa shape index (κ1) is 70.5. The van der Waals surface area contributed by atoms with E-state index in [1.54, 1.807) is 0 Å². The van der Waals surface area contributed by atoms with Gasteiger partial charge in [-0.3, -0.25) is 4.79 Å². The molecule has 0 aliphatic carbocycles. The highest BCUT2D eigenvalue weighted by atomic mass is 16.3. The number of nitrogens with one attached hydrogen (secondary N) is 1. The van der Waals surface area contributed by atoms with E-state index in [2.05, 4.69) is 55.6 Å². The maximum Gasteiger partial charge on any atom is 0.249 e. The number of hydrogen-bond acceptors (Lipinski definition) is 5. The Balaban J connectivity index is 3.61. The van der Waals surface area contributed by atoms with Gasteiger partial charge in [0.2, 0.25) is 5.91 Å². The van der Waals surface area contributed by atoms with Crippen LogP contribution in [0.1, 0.15) is 348 Å². The highest BCUT2D eigenvalue weighted by molar-refractivity contribution is 5.80. The Morgan fingerprint density at radius 3 is 0.875 bits per heavy atom. The van der Waals surface area contributed by atoms with Crippen LogP contribution < -0.4 is 5.32 Å². The van der Waals surface area contributed by atoms with E-state index in [0.717, 1.165) is 38.5 Å². The molecular weight excluding hydrogens is 887 g/mol. The molecule has 0 rings (SSSR count). The number of rotatable bonds is 60. The van der Waals surface area contributed by atoms with Gasteiger partial charge in [-0.15, -0.1) is 0 Å². The summed E-state index contributed by atoms with van der Waals surface area (Å²) in [6.07, 6.45) is 76.8. The van der Waals surface area contributed by atoms with Crippen molar-refractivity contribution in [1.29, 1.82) is 0 Å². The molecule has 0 aromatic heterocycles. The molecule has 0 heterocycles. The van der Waals surface area contributed by atoms with E-state index < -0.39 is 36.9 Å². The maximum absolute atomic E-state index is 12.6. The smallest absolute Gasteiger partial charge is 0.249 e. The molecule has 0 aliphatic rings. The zero-order valence-corrected chi connectivity index (χ0v) is 48.4. The summed E-state index contributed by atoms with van der Waals surface area (Å²) in [4.78, 5) is 12.6. The minimum absolute atomic E-state index is 0.362. The van der Waals surface area contributed by atoms with Gasteiger partial charge in [0.05, 0.1) is 18.8 Å². The molecule has 1 amide bonds. The first-order valence-corrected chi connectivity index (χ1v) is 32.4. The molecule has 0 aliphatic heterocycles. The zero-order chi connectivity index (χ0) is 52.3. The van der Waals surface area contributed by atoms with Crippen molar-refractivity contribution in [3.63, 3.8) is 0 Å². The summed E-state index contributed by atoms with van der Waals surface area (Å²) in [5.41, 5.74) is 0. The molecule has 0 spiro atoms. The molecule has 0 bridgehead atoms. The Morgan fingerprint density at radius 2 is 0.583 bits per heavy atom. The molecule has 4 unspecified atom stereocenters. The second kappa shape index (κ2) is 60.4. The molecule has 0 radical (unpaired) electrons. The molecule has 0 saturated carbocycles. The van der Waals surface area contributed by atoms with Crippen molar-refractivity contribution >= 4 is 5.91 Å². The predicted molar refractivity (Wildman–Crippen MR) is 316 cm³/mol. The van der Waals surface area contributed by atoms with Gasteiger partial charge in [0.1, 0.15) is 12.2 Å².